The number of amides is 1. The Morgan fingerprint density at radius 3 is 2.75 bits per heavy atom. The predicted octanol–water partition coefficient (Wildman–Crippen LogP) is 0.636. The van der Waals surface area contributed by atoms with E-state index in [9.17, 15) is 9.59 Å². The molecule has 5 nitrogen and oxygen atoms in total. The number of aromatic amines is 1. The molecule has 0 aliphatic carbocycles. The van der Waals surface area contributed by atoms with Crippen molar-refractivity contribution in [3.63, 3.8) is 0 Å². The molecule has 0 fully saturated rings. The molecule has 1 heterocycles. The minimum absolute atomic E-state index is 0.0549. The van der Waals surface area contributed by atoms with Gasteiger partial charge in [-0.2, -0.15) is 0 Å². The molecule has 0 atom stereocenters. The summed E-state index contributed by atoms with van der Waals surface area (Å²) in [4.78, 5) is 25.0. The first-order valence-electron chi connectivity index (χ1n) is 4.62. The third kappa shape index (κ3) is 1.63. The van der Waals surface area contributed by atoms with Crippen molar-refractivity contribution in [3.8, 4) is 5.75 Å². The monoisotopic (exact) mass is 218 g/mol. The highest BCUT2D eigenvalue weighted by Gasteiger charge is 2.08. The summed E-state index contributed by atoms with van der Waals surface area (Å²) in [6.07, 6.45) is 0. The van der Waals surface area contributed by atoms with Crippen LogP contribution in [0.15, 0.2) is 29.1 Å². The Morgan fingerprint density at radius 2 is 2.12 bits per heavy atom. The second kappa shape index (κ2) is 3.69. The molecule has 0 aliphatic rings. The molecule has 16 heavy (non-hydrogen) atoms. The molecule has 3 N–H and O–H groups in total. The zero-order valence-electron chi connectivity index (χ0n) is 8.61. The third-order valence-electron chi connectivity index (χ3n) is 2.32. The lowest BCUT2D eigenvalue weighted by Gasteiger charge is -2.03. The highest BCUT2D eigenvalue weighted by atomic mass is 16.5. The number of benzene rings is 1. The van der Waals surface area contributed by atoms with E-state index in [1.165, 1.54) is 6.07 Å². The van der Waals surface area contributed by atoms with Gasteiger partial charge >= 0.3 is 0 Å². The topological polar surface area (TPSA) is 85.2 Å². The normalized spacial score (nSPS) is 10.3. The molecule has 5 heteroatoms. The Hall–Kier alpha value is -2.30. The fourth-order valence-electron chi connectivity index (χ4n) is 1.49. The summed E-state index contributed by atoms with van der Waals surface area (Å²) < 4.78 is 5.04. The largest absolute Gasteiger partial charge is 0.497 e. The van der Waals surface area contributed by atoms with Crippen LogP contribution in [0.3, 0.4) is 0 Å². The Balaban J connectivity index is 2.75. The summed E-state index contributed by atoms with van der Waals surface area (Å²) in [5.74, 6) is -0.0964. The fraction of sp³-hybridized carbons (Fsp3) is 0.0909. The number of hydrogen-bond donors (Lipinski definition) is 2. The quantitative estimate of drug-likeness (QED) is 0.775. The summed E-state index contributed by atoms with van der Waals surface area (Å²) >= 11 is 0. The van der Waals surface area contributed by atoms with Crippen LogP contribution >= 0.6 is 0 Å². The zero-order chi connectivity index (χ0) is 11.7. The first kappa shape index (κ1) is 10.2. The van der Waals surface area contributed by atoms with Crippen LogP contribution in [0.1, 0.15) is 10.4 Å². The van der Waals surface area contributed by atoms with Crippen molar-refractivity contribution < 1.29 is 9.53 Å². The number of ether oxygens (including phenoxy) is 1. The van der Waals surface area contributed by atoms with E-state index in [1.807, 2.05) is 0 Å². The molecule has 0 aliphatic heterocycles. The van der Waals surface area contributed by atoms with Crippen molar-refractivity contribution in [2.24, 2.45) is 5.73 Å². The Bertz CT molecular complexity index is 616. The molecular weight excluding hydrogens is 208 g/mol. The van der Waals surface area contributed by atoms with Gasteiger partial charge in [0.1, 0.15) is 11.3 Å². The van der Waals surface area contributed by atoms with Crippen LogP contribution in [0.25, 0.3) is 10.9 Å². The maximum absolute atomic E-state index is 11.4. The van der Waals surface area contributed by atoms with Gasteiger partial charge < -0.3 is 15.5 Å². The second-order valence-electron chi connectivity index (χ2n) is 3.33. The van der Waals surface area contributed by atoms with Crippen molar-refractivity contribution in [3.05, 3.63) is 40.2 Å². The van der Waals surface area contributed by atoms with Gasteiger partial charge in [-0.1, -0.05) is 0 Å². The van der Waals surface area contributed by atoms with Crippen LogP contribution in [0.5, 0.6) is 5.75 Å². The number of nitrogens with one attached hydrogen (secondary N) is 1. The number of fused-ring (bicyclic) bond motifs is 1. The van der Waals surface area contributed by atoms with Crippen molar-refractivity contribution >= 4 is 16.8 Å². The summed E-state index contributed by atoms with van der Waals surface area (Å²) in [6.45, 7) is 0. The number of carbonyl (C=O) groups is 1. The SMILES string of the molecule is COc1ccc2[nH]c(=O)c(C(N)=O)cc2c1. The van der Waals surface area contributed by atoms with Crippen LogP contribution in [-0.4, -0.2) is 18.0 Å². The van der Waals surface area contributed by atoms with Crippen molar-refractivity contribution in [1.82, 2.24) is 4.98 Å². The van der Waals surface area contributed by atoms with Gasteiger partial charge in [0.15, 0.2) is 0 Å². The van der Waals surface area contributed by atoms with E-state index >= 15 is 0 Å². The van der Waals surface area contributed by atoms with E-state index in [0.29, 0.717) is 16.7 Å². The molecule has 0 spiro atoms. The molecule has 0 saturated carbocycles. The lowest BCUT2D eigenvalue weighted by molar-refractivity contribution is 0.0999. The van der Waals surface area contributed by atoms with Crippen molar-refractivity contribution in [2.75, 3.05) is 7.11 Å². The highest BCUT2D eigenvalue weighted by molar-refractivity contribution is 5.96. The number of nitrogens with two attached hydrogens (primary N) is 1. The number of pyridine rings is 1. The summed E-state index contributed by atoms with van der Waals surface area (Å²) in [5.41, 5.74) is 5.18. The molecule has 1 amide bonds. The van der Waals surface area contributed by atoms with E-state index in [1.54, 1.807) is 25.3 Å². The zero-order valence-corrected chi connectivity index (χ0v) is 8.61. The Kier molecular flexibility index (Phi) is 2.36. The average Bonchev–Trinajstić information content (AvgIpc) is 2.27. The summed E-state index contributed by atoms with van der Waals surface area (Å²) in [7, 11) is 1.54. The summed E-state index contributed by atoms with van der Waals surface area (Å²) in [5, 5.41) is 0.702. The number of rotatable bonds is 2. The fourth-order valence-corrected chi connectivity index (χ4v) is 1.49. The van der Waals surface area contributed by atoms with Gasteiger partial charge in [-0.25, -0.2) is 0 Å². The molecule has 1 aromatic heterocycles. The van der Waals surface area contributed by atoms with Gasteiger partial charge in [-0.05, 0) is 24.3 Å². The van der Waals surface area contributed by atoms with E-state index in [2.05, 4.69) is 4.98 Å². The Morgan fingerprint density at radius 1 is 1.38 bits per heavy atom. The molecular formula is C11H10N2O3. The molecule has 0 radical (unpaired) electrons. The van der Waals surface area contributed by atoms with E-state index < -0.39 is 11.5 Å². The molecule has 0 saturated heterocycles. The second-order valence-corrected chi connectivity index (χ2v) is 3.33. The van der Waals surface area contributed by atoms with Gasteiger partial charge in [0.05, 0.1) is 7.11 Å². The minimum atomic E-state index is -0.744. The van der Waals surface area contributed by atoms with E-state index in [-0.39, 0.29) is 5.56 Å². The maximum Gasteiger partial charge on any atom is 0.261 e. The average molecular weight is 218 g/mol. The van der Waals surface area contributed by atoms with Crippen LogP contribution in [0.2, 0.25) is 0 Å². The lowest BCUT2D eigenvalue weighted by Crippen LogP contribution is -2.23. The number of methoxy groups -OCH3 is 1. The number of carbonyl (C=O) groups excluding carboxylic acids is 1. The number of primary amides is 1. The van der Waals surface area contributed by atoms with E-state index in [4.69, 9.17) is 10.5 Å². The molecule has 0 unspecified atom stereocenters. The van der Waals surface area contributed by atoms with Crippen molar-refractivity contribution in [1.29, 1.82) is 0 Å². The lowest BCUT2D eigenvalue weighted by atomic mass is 10.1. The van der Waals surface area contributed by atoms with E-state index in [0.717, 1.165) is 0 Å². The predicted molar refractivity (Wildman–Crippen MR) is 59.6 cm³/mol. The molecule has 2 rings (SSSR count). The van der Waals surface area contributed by atoms with Gasteiger partial charge in [0, 0.05) is 10.9 Å². The van der Waals surface area contributed by atoms with Gasteiger partial charge in [0.25, 0.3) is 11.5 Å². The Labute approximate surface area is 90.8 Å². The molecule has 2 aromatic rings. The minimum Gasteiger partial charge on any atom is -0.497 e. The molecule has 0 bridgehead atoms. The van der Waals surface area contributed by atoms with Crippen LogP contribution in [0, 0.1) is 0 Å². The van der Waals surface area contributed by atoms with Gasteiger partial charge in [-0.15, -0.1) is 0 Å². The first-order chi connectivity index (χ1) is 7.61. The number of aromatic nitrogens is 1. The summed E-state index contributed by atoms with van der Waals surface area (Å²) in [6, 6.07) is 6.61. The maximum atomic E-state index is 11.4. The van der Waals surface area contributed by atoms with Gasteiger partial charge in [0.2, 0.25) is 0 Å². The first-order valence-corrected chi connectivity index (χ1v) is 4.62. The van der Waals surface area contributed by atoms with Gasteiger partial charge in [-0.3, -0.25) is 9.59 Å². The van der Waals surface area contributed by atoms with Crippen molar-refractivity contribution in [2.45, 2.75) is 0 Å². The van der Waals surface area contributed by atoms with Crippen LogP contribution in [0.4, 0.5) is 0 Å². The molecule has 82 valence electrons. The third-order valence-corrected chi connectivity index (χ3v) is 2.32. The number of hydrogen-bond acceptors (Lipinski definition) is 3. The standard InChI is InChI=1S/C11H10N2O3/c1-16-7-2-3-9-6(4-7)5-8(10(12)14)11(15)13-9/h2-5H,1H3,(H2,12,14)(H,13,15). The highest BCUT2D eigenvalue weighted by Crippen LogP contribution is 2.18. The van der Waals surface area contributed by atoms with Crippen LogP contribution < -0.4 is 16.0 Å². The smallest absolute Gasteiger partial charge is 0.261 e. The molecule has 1 aromatic carbocycles. The van der Waals surface area contributed by atoms with Crippen LogP contribution in [-0.2, 0) is 0 Å². The number of H-pyrrole nitrogens is 1.